The van der Waals surface area contributed by atoms with Crippen LogP contribution in [0, 0.1) is 5.92 Å². The van der Waals surface area contributed by atoms with Crippen LogP contribution in [0.4, 0.5) is 0 Å². The minimum atomic E-state index is 0.297. The van der Waals surface area contributed by atoms with E-state index in [1.807, 2.05) is 18.2 Å². The van der Waals surface area contributed by atoms with Crippen molar-refractivity contribution in [2.45, 2.75) is 33.7 Å². The van der Waals surface area contributed by atoms with Crippen molar-refractivity contribution in [1.29, 1.82) is 0 Å². The number of ether oxygens (including phenoxy) is 3. The van der Waals surface area contributed by atoms with Gasteiger partial charge in [0.05, 0.1) is 6.54 Å². The van der Waals surface area contributed by atoms with E-state index in [1.54, 1.807) is 0 Å². The maximum absolute atomic E-state index is 5.58. The van der Waals surface area contributed by atoms with Crippen LogP contribution in [0.2, 0.25) is 0 Å². The Hall–Kier alpha value is -1.95. The third kappa shape index (κ3) is 6.28. The molecule has 0 radical (unpaired) electrons. The molecule has 2 rings (SSSR count). The van der Waals surface area contributed by atoms with Crippen LogP contribution in [-0.2, 0) is 11.3 Å². The van der Waals surface area contributed by atoms with Crippen molar-refractivity contribution in [3.63, 3.8) is 0 Å². The molecule has 0 bridgehead atoms. The van der Waals surface area contributed by atoms with E-state index in [0.717, 1.165) is 55.7 Å². The van der Waals surface area contributed by atoms with Crippen molar-refractivity contribution in [2.24, 2.45) is 10.9 Å². The minimum absolute atomic E-state index is 0.297. The molecule has 0 saturated carbocycles. The molecule has 1 aromatic rings. The van der Waals surface area contributed by atoms with E-state index < -0.39 is 0 Å². The number of nitrogens with one attached hydrogen (secondary N) is 2. The zero-order valence-electron chi connectivity index (χ0n) is 14.9. The lowest BCUT2D eigenvalue weighted by Crippen LogP contribution is -2.38. The summed E-state index contributed by atoms with van der Waals surface area (Å²) in [6.45, 7) is 10.5. The summed E-state index contributed by atoms with van der Waals surface area (Å²) in [7, 11) is 0. The molecule has 1 aliphatic rings. The first-order valence-corrected chi connectivity index (χ1v) is 8.67. The van der Waals surface area contributed by atoms with E-state index in [2.05, 4.69) is 36.4 Å². The summed E-state index contributed by atoms with van der Waals surface area (Å²) in [6, 6.07) is 5.93. The molecule has 1 heterocycles. The third-order valence-electron chi connectivity index (χ3n) is 3.41. The van der Waals surface area contributed by atoms with Gasteiger partial charge < -0.3 is 24.8 Å². The molecule has 6 heteroatoms. The molecule has 0 aliphatic carbocycles. The largest absolute Gasteiger partial charge is 0.454 e. The highest BCUT2D eigenvalue weighted by Gasteiger charge is 2.12. The van der Waals surface area contributed by atoms with Crippen LogP contribution in [0.15, 0.2) is 23.2 Å². The van der Waals surface area contributed by atoms with Crippen molar-refractivity contribution in [2.75, 3.05) is 33.1 Å². The first-order valence-electron chi connectivity index (χ1n) is 8.67. The quantitative estimate of drug-likeness (QED) is 0.412. The SMILES string of the molecule is CCNC(=NCc1ccc2c(c1)OCO2)NCCCOCC(C)C. The number of benzene rings is 1. The maximum atomic E-state index is 5.58. The molecule has 0 saturated heterocycles. The summed E-state index contributed by atoms with van der Waals surface area (Å²) in [4.78, 5) is 4.61. The Morgan fingerprint density at radius 3 is 2.88 bits per heavy atom. The summed E-state index contributed by atoms with van der Waals surface area (Å²) < 4.78 is 16.3. The van der Waals surface area contributed by atoms with E-state index in [4.69, 9.17) is 14.2 Å². The van der Waals surface area contributed by atoms with E-state index in [0.29, 0.717) is 19.3 Å². The summed E-state index contributed by atoms with van der Waals surface area (Å²) >= 11 is 0. The Bertz CT molecular complexity index is 532. The van der Waals surface area contributed by atoms with Gasteiger partial charge in [0.25, 0.3) is 0 Å². The highest BCUT2D eigenvalue weighted by molar-refractivity contribution is 5.79. The van der Waals surface area contributed by atoms with Gasteiger partial charge in [0.15, 0.2) is 17.5 Å². The van der Waals surface area contributed by atoms with Crippen LogP contribution in [-0.4, -0.2) is 39.1 Å². The maximum Gasteiger partial charge on any atom is 0.231 e. The lowest BCUT2D eigenvalue weighted by molar-refractivity contribution is 0.108. The molecule has 0 fully saturated rings. The highest BCUT2D eigenvalue weighted by Crippen LogP contribution is 2.32. The predicted molar refractivity (Wildman–Crippen MR) is 95.7 cm³/mol. The van der Waals surface area contributed by atoms with E-state index in [-0.39, 0.29) is 0 Å². The van der Waals surface area contributed by atoms with E-state index >= 15 is 0 Å². The Labute approximate surface area is 144 Å². The van der Waals surface area contributed by atoms with Gasteiger partial charge in [-0.25, -0.2) is 4.99 Å². The fourth-order valence-electron chi connectivity index (χ4n) is 2.25. The molecule has 0 atom stereocenters. The van der Waals surface area contributed by atoms with E-state index in [9.17, 15) is 0 Å². The van der Waals surface area contributed by atoms with Crippen molar-refractivity contribution in [1.82, 2.24) is 10.6 Å². The molecule has 1 aliphatic heterocycles. The van der Waals surface area contributed by atoms with Crippen LogP contribution in [0.3, 0.4) is 0 Å². The smallest absolute Gasteiger partial charge is 0.231 e. The summed E-state index contributed by atoms with van der Waals surface area (Å²) in [6.07, 6.45) is 0.959. The number of fused-ring (bicyclic) bond motifs is 1. The molecule has 1 aromatic carbocycles. The molecule has 0 spiro atoms. The van der Waals surface area contributed by atoms with Gasteiger partial charge in [0.1, 0.15) is 0 Å². The Morgan fingerprint density at radius 1 is 1.25 bits per heavy atom. The number of hydrogen-bond acceptors (Lipinski definition) is 4. The molecular formula is C18H29N3O3. The lowest BCUT2D eigenvalue weighted by Gasteiger charge is -2.12. The van der Waals surface area contributed by atoms with Crippen molar-refractivity contribution >= 4 is 5.96 Å². The van der Waals surface area contributed by atoms with Crippen molar-refractivity contribution < 1.29 is 14.2 Å². The first kappa shape index (κ1) is 18.4. The molecule has 0 amide bonds. The average Bonchev–Trinajstić information content (AvgIpc) is 3.03. The summed E-state index contributed by atoms with van der Waals surface area (Å²) in [5.41, 5.74) is 1.09. The zero-order chi connectivity index (χ0) is 17.2. The Balaban J connectivity index is 1.75. The molecule has 24 heavy (non-hydrogen) atoms. The van der Waals surface area contributed by atoms with Gasteiger partial charge in [-0.2, -0.15) is 0 Å². The zero-order valence-corrected chi connectivity index (χ0v) is 14.9. The number of guanidine groups is 1. The molecule has 134 valence electrons. The number of aliphatic imine (C=N–C) groups is 1. The summed E-state index contributed by atoms with van der Waals surface area (Å²) in [5.74, 6) is 3.00. The van der Waals surface area contributed by atoms with Gasteiger partial charge in [0.2, 0.25) is 6.79 Å². The fourth-order valence-corrected chi connectivity index (χ4v) is 2.25. The fraction of sp³-hybridized carbons (Fsp3) is 0.611. The van der Waals surface area contributed by atoms with Crippen LogP contribution < -0.4 is 20.1 Å². The second-order valence-electron chi connectivity index (χ2n) is 6.13. The van der Waals surface area contributed by atoms with Gasteiger partial charge in [-0.3, -0.25) is 0 Å². The lowest BCUT2D eigenvalue weighted by atomic mass is 10.2. The molecule has 2 N–H and O–H groups in total. The number of rotatable bonds is 9. The minimum Gasteiger partial charge on any atom is -0.454 e. The van der Waals surface area contributed by atoms with Crippen LogP contribution >= 0.6 is 0 Å². The highest BCUT2D eigenvalue weighted by atomic mass is 16.7. The van der Waals surface area contributed by atoms with Crippen molar-refractivity contribution in [3.05, 3.63) is 23.8 Å². The third-order valence-corrected chi connectivity index (χ3v) is 3.41. The molecule has 6 nitrogen and oxygen atoms in total. The second-order valence-corrected chi connectivity index (χ2v) is 6.13. The standard InChI is InChI=1S/C18H29N3O3/c1-4-19-18(20-8-5-9-22-12-14(2)3)21-11-15-6-7-16-17(10-15)24-13-23-16/h6-7,10,14H,4-5,8-9,11-13H2,1-3H3,(H2,19,20,21). The van der Waals surface area contributed by atoms with Gasteiger partial charge in [0, 0.05) is 26.3 Å². The normalized spacial score (nSPS) is 13.4. The van der Waals surface area contributed by atoms with Gasteiger partial charge in [-0.1, -0.05) is 19.9 Å². The average molecular weight is 335 g/mol. The first-order chi connectivity index (χ1) is 11.7. The summed E-state index contributed by atoms with van der Waals surface area (Å²) in [5, 5.41) is 6.59. The Morgan fingerprint density at radius 2 is 2.08 bits per heavy atom. The molecule has 0 unspecified atom stereocenters. The van der Waals surface area contributed by atoms with Crippen LogP contribution in [0.5, 0.6) is 11.5 Å². The molecule has 0 aromatic heterocycles. The molecular weight excluding hydrogens is 306 g/mol. The second kappa shape index (κ2) is 10.0. The van der Waals surface area contributed by atoms with Gasteiger partial charge in [-0.15, -0.1) is 0 Å². The van der Waals surface area contributed by atoms with Crippen LogP contribution in [0.25, 0.3) is 0 Å². The monoisotopic (exact) mass is 335 g/mol. The van der Waals surface area contributed by atoms with E-state index in [1.165, 1.54) is 0 Å². The van der Waals surface area contributed by atoms with Gasteiger partial charge >= 0.3 is 0 Å². The van der Waals surface area contributed by atoms with Gasteiger partial charge in [-0.05, 0) is 37.0 Å². The number of hydrogen-bond donors (Lipinski definition) is 2. The van der Waals surface area contributed by atoms with Crippen molar-refractivity contribution in [3.8, 4) is 11.5 Å². The topological polar surface area (TPSA) is 64.1 Å². The number of nitrogens with zero attached hydrogens (tertiary/aromatic N) is 1. The predicted octanol–water partition coefficient (Wildman–Crippen LogP) is 2.53. The van der Waals surface area contributed by atoms with Crippen LogP contribution in [0.1, 0.15) is 32.8 Å². The Kier molecular flexibility index (Phi) is 7.68.